The highest BCUT2D eigenvalue weighted by Gasteiger charge is 2.18. The van der Waals surface area contributed by atoms with Crippen LogP contribution in [0.15, 0.2) is 38.9 Å². The predicted octanol–water partition coefficient (Wildman–Crippen LogP) is 1.46. The van der Waals surface area contributed by atoms with Gasteiger partial charge < -0.3 is 5.32 Å². The van der Waals surface area contributed by atoms with Gasteiger partial charge in [-0.05, 0) is 24.3 Å². The molecule has 0 fully saturated rings. The van der Waals surface area contributed by atoms with Crippen LogP contribution in [-0.4, -0.2) is 30.8 Å². The molecule has 28 heavy (non-hydrogen) atoms. The number of fused-ring (bicyclic) bond motifs is 1. The van der Waals surface area contributed by atoms with Crippen molar-refractivity contribution in [2.75, 3.05) is 11.1 Å². The lowest BCUT2D eigenvalue weighted by molar-refractivity contribution is -0.113. The molecule has 3 rings (SSSR count). The largest absolute Gasteiger partial charge is 0.332 e. The second-order valence-electron chi connectivity index (χ2n) is 6.05. The fourth-order valence-corrected chi connectivity index (χ4v) is 3.43. The number of nitrogens with zero attached hydrogens (tertiary/aromatic N) is 4. The molecule has 10 heteroatoms. The minimum Gasteiger partial charge on any atom is -0.325 e. The van der Waals surface area contributed by atoms with Crippen molar-refractivity contribution in [3.8, 4) is 0 Å². The number of carbonyl (C=O) groups is 1. The zero-order valence-electron chi connectivity index (χ0n) is 15.5. The number of anilines is 1. The van der Waals surface area contributed by atoms with Gasteiger partial charge in [0.15, 0.2) is 5.65 Å². The summed E-state index contributed by atoms with van der Waals surface area (Å²) in [5.41, 5.74) is -0.293. The molecule has 0 spiro atoms. The first kappa shape index (κ1) is 19.7. The molecule has 1 amide bonds. The lowest BCUT2D eigenvalue weighted by atomic mass is 10.3. The van der Waals surface area contributed by atoms with E-state index in [-0.39, 0.29) is 22.7 Å². The summed E-state index contributed by atoms with van der Waals surface area (Å²) in [4.78, 5) is 45.7. The first-order chi connectivity index (χ1) is 13.3. The van der Waals surface area contributed by atoms with Gasteiger partial charge in [-0.1, -0.05) is 18.7 Å². The van der Waals surface area contributed by atoms with Gasteiger partial charge in [0.1, 0.15) is 22.1 Å². The Hall–Kier alpha value is -3.01. The van der Waals surface area contributed by atoms with Crippen LogP contribution in [0.25, 0.3) is 11.0 Å². The van der Waals surface area contributed by atoms with Crippen molar-refractivity contribution < 1.29 is 9.18 Å². The average Bonchev–Trinajstić information content (AvgIpc) is 2.70. The normalized spacial score (nSPS) is 11.0. The van der Waals surface area contributed by atoms with E-state index in [4.69, 9.17) is 0 Å². The molecule has 1 aromatic carbocycles. The minimum atomic E-state index is -0.512. The summed E-state index contributed by atoms with van der Waals surface area (Å²) in [5.74, 6) is -0.271. The SMILES string of the molecule is CCc1nc(SCC(=O)Nc2ccc(F)cc2)c2c(=O)n(C)c(=O)n(C)c2n1. The van der Waals surface area contributed by atoms with E-state index in [0.717, 1.165) is 16.3 Å². The summed E-state index contributed by atoms with van der Waals surface area (Å²) in [5, 5.41) is 3.19. The summed E-state index contributed by atoms with van der Waals surface area (Å²) in [6, 6.07) is 5.41. The zero-order valence-corrected chi connectivity index (χ0v) is 16.3. The molecule has 0 saturated carbocycles. The van der Waals surface area contributed by atoms with E-state index in [9.17, 15) is 18.8 Å². The molecule has 0 unspecified atom stereocenters. The number of hydrogen-bond acceptors (Lipinski definition) is 6. The Morgan fingerprint density at radius 2 is 1.82 bits per heavy atom. The van der Waals surface area contributed by atoms with Gasteiger partial charge in [-0.25, -0.2) is 19.2 Å². The van der Waals surface area contributed by atoms with Crippen molar-refractivity contribution >= 4 is 34.4 Å². The number of hydrogen-bond donors (Lipinski definition) is 1. The van der Waals surface area contributed by atoms with Crippen molar-refractivity contribution in [1.82, 2.24) is 19.1 Å². The van der Waals surface area contributed by atoms with Gasteiger partial charge in [0.05, 0.1) is 5.75 Å². The maximum absolute atomic E-state index is 13.0. The number of rotatable bonds is 5. The molecule has 0 atom stereocenters. The number of thioether (sulfide) groups is 1. The van der Waals surface area contributed by atoms with E-state index in [0.29, 0.717) is 23.0 Å². The van der Waals surface area contributed by atoms with Crippen LogP contribution in [0.4, 0.5) is 10.1 Å². The minimum absolute atomic E-state index is 0.0152. The van der Waals surface area contributed by atoms with Crippen molar-refractivity contribution in [3.63, 3.8) is 0 Å². The fourth-order valence-electron chi connectivity index (χ4n) is 2.60. The average molecular weight is 403 g/mol. The summed E-state index contributed by atoms with van der Waals surface area (Å²) >= 11 is 1.08. The Morgan fingerprint density at radius 1 is 1.14 bits per heavy atom. The van der Waals surface area contributed by atoms with Crippen LogP contribution < -0.4 is 16.6 Å². The van der Waals surface area contributed by atoms with Crippen molar-refractivity contribution in [3.05, 3.63) is 56.7 Å². The third kappa shape index (κ3) is 3.81. The molecule has 0 aliphatic heterocycles. The molecule has 2 aromatic heterocycles. The Morgan fingerprint density at radius 3 is 2.46 bits per heavy atom. The van der Waals surface area contributed by atoms with E-state index in [1.54, 1.807) is 0 Å². The van der Waals surface area contributed by atoms with E-state index in [1.807, 2.05) is 6.92 Å². The van der Waals surface area contributed by atoms with Gasteiger partial charge in [0.25, 0.3) is 5.56 Å². The van der Waals surface area contributed by atoms with Gasteiger partial charge in [-0.15, -0.1) is 0 Å². The molecule has 0 aliphatic carbocycles. The first-order valence-electron chi connectivity index (χ1n) is 8.46. The summed E-state index contributed by atoms with van der Waals surface area (Å²) in [7, 11) is 2.92. The lowest BCUT2D eigenvalue weighted by Gasteiger charge is -2.11. The smallest absolute Gasteiger partial charge is 0.325 e. The van der Waals surface area contributed by atoms with Gasteiger partial charge in [0, 0.05) is 26.2 Å². The number of aromatic nitrogens is 4. The van der Waals surface area contributed by atoms with Gasteiger partial charge in [-0.2, -0.15) is 0 Å². The molecule has 8 nitrogen and oxygen atoms in total. The molecule has 0 radical (unpaired) electrons. The quantitative estimate of drug-likeness (QED) is 0.512. The highest BCUT2D eigenvalue weighted by atomic mass is 32.2. The number of halogens is 1. The second kappa shape index (κ2) is 7.93. The molecule has 3 aromatic rings. The standard InChI is InChI=1S/C18H18FN5O3S/c1-4-12-21-15-14(17(26)24(3)18(27)23(15)2)16(22-12)28-9-13(25)20-11-7-5-10(19)6-8-11/h5-8H,4,9H2,1-3H3,(H,20,25). The molecule has 0 bridgehead atoms. The molecular formula is C18H18FN5O3S. The maximum atomic E-state index is 13.0. The van der Waals surface area contributed by atoms with Crippen LogP contribution in [0.2, 0.25) is 0 Å². The summed E-state index contributed by atoms with van der Waals surface area (Å²) < 4.78 is 15.2. The Balaban J connectivity index is 1.94. The summed E-state index contributed by atoms with van der Waals surface area (Å²) in [6.45, 7) is 1.86. The highest BCUT2D eigenvalue weighted by molar-refractivity contribution is 8.00. The van der Waals surface area contributed by atoms with Crippen LogP contribution in [0.1, 0.15) is 12.7 Å². The molecular weight excluding hydrogens is 385 g/mol. The van der Waals surface area contributed by atoms with Crippen molar-refractivity contribution in [1.29, 1.82) is 0 Å². The topological polar surface area (TPSA) is 98.9 Å². The number of benzene rings is 1. The van der Waals surface area contributed by atoms with Crippen molar-refractivity contribution in [2.24, 2.45) is 14.1 Å². The van der Waals surface area contributed by atoms with Gasteiger partial charge in [0.2, 0.25) is 5.91 Å². The Kier molecular flexibility index (Phi) is 5.59. The first-order valence-corrected chi connectivity index (χ1v) is 9.45. The highest BCUT2D eigenvalue weighted by Crippen LogP contribution is 2.22. The van der Waals surface area contributed by atoms with Crippen LogP contribution in [0.3, 0.4) is 0 Å². The summed E-state index contributed by atoms with van der Waals surface area (Å²) in [6.07, 6.45) is 0.509. The van der Waals surface area contributed by atoms with Gasteiger partial charge >= 0.3 is 5.69 Å². The third-order valence-corrected chi connectivity index (χ3v) is 5.07. The van der Waals surface area contributed by atoms with Crippen molar-refractivity contribution in [2.45, 2.75) is 18.4 Å². The molecule has 146 valence electrons. The third-order valence-electron chi connectivity index (χ3n) is 4.10. The Bertz CT molecular complexity index is 1170. The van der Waals surface area contributed by atoms with Crippen LogP contribution in [-0.2, 0) is 25.3 Å². The van der Waals surface area contributed by atoms with E-state index in [2.05, 4.69) is 15.3 Å². The van der Waals surface area contributed by atoms with Gasteiger partial charge in [-0.3, -0.25) is 18.7 Å². The molecule has 0 saturated heterocycles. The molecule has 0 aliphatic rings. The van der Waals surface area contributed by atoms with Crippen LogP contribution >= 0.6 is 11.8 Å². The monoisotopic (exact) mass is 403 g/mol. The lowest BCUT2D eigenvalue weighted by Crippen LogP contribution is -2.37. The van der Waals surface area contributed by atoms with Crippen LogP contribution in [0, 0.1) is 5.82 Å². The molecule has 2 heterocycles. The van der Waals surface area contributed by atoms with Crippen LogP contribution in [0.5, 0.6) is 0 Å². The van der Waals surface area contributed by atoms with E-state index in [1.165, 1.54) is 42.9 Å². The number of amides is 1. The Labute approximate surface area is 163 Å². The number of nitrogens with one attached hydrogen (secondary N) is 1. The number of aryl methyl sites for hydroxylation is 2. The maximum Gasteiger partial charge on any atom is 0.332 e. The number of carbonyl (C=O) groups excluding carboxylic acids is 1. The fraction of sp³-hybridized carbons (Fsp3) is 0.278. The zero-order chi connectivity index (χ0) is 20.4. The second-order valence-corrected chi connectivity index (χ2v) is 7.01. The van der Waals surface area contributed by atoms with E-state index < -0.39 is 17.1 Å². The van der Waals surface area contributed by atoms with E-state index >= 15 is 0 Å². The predicted molar refractivity (Wildman–Crippen MR) is 105 cm³/mol. The molecule has 1 N–H and O–H groups in total.